The first-order valence-corrected chi connectivity index (χ1v) is 16.9. The molecule has 12 heteroatoms. The van der Waals surface area contributed by atoms with E-state index < -0.39 is 46.3 Å². The SMILES string of the molecule is NC(C(=O)NC1CC(F)(F)CC1CC[C@H]1CNCCN1S(=O)(=O)c1ccccc1)C(c1ccc(Cl)cc1)C1CCOCC1. The van der Waals surface area contributed by atoms with Crippen LogP contribution < -0.4 is 16.4 Å². The molecule has 1 saturated carbocycles. The van der Waals surface area contributed by atoms with Crippen molar-refractivity contribution in [3.05, 3.63) is 65.2 Å². The Bertz CT molecular complexity index is 1330. The molecule has 8 nitrogen and oxygen atoms in total. The number of nitrogens with one attached hydrogen (secondary N) is 2. The zero-order chi connectivity index (χ0) is 30.6. The first-order chi connectivity index (χ1) is 20.5. The van der Waals surface area contributed by atoms with Gasteiger partial charge in [0.2, 0.25) is 15.9 Å². The van der Waals surface area contributed by atoms with Gasteiger partial charge in [-0.2, -0.15) is 4.31 Å². The van der Waals surface area contributed by atoms with Crippen LogP contribution in [0.2, 0.25) is 5.02 Å². The Balaban J connectivity index is 1.28. The molecule has 236 valence electrons. The summed E-state index contributed by atoms with van der Waals surface area (Å²) in [5, 5.41) is 6.71. The van der Waals surface area contributed by atoms with Crippen LogP contribution in [0, 0.1) is 11.8 Å². The molecular weight excluding hydrogens is 598 g/mol. The van der Waals surface area contributed by atoms with E-state index in [1.165, 1.54) is 4.31 Å². The lowest BCUT2D eigenvalue weighted by molar-refractivity contribution is -0.124. The van der Waals surface area contributed by atoms with Gasteiger partial charge in [-0.1, -0.05) is 41.9 Å². The van der Waals surface area contributed by atoms with Crippen molar-refractivity contribution in [3.8, 4) is 0 Å². The molecule has 1 amide bonds. The first kappa shape index (κ1) is 32.2. The average Bonchev–Trinajstić information content (AvgIpc) is 3.30. The number of halogens is 3. The van der Waals surface area contributed by atoms with Gasteiger partial charge in [0.1, 0.15) is 0 Å². The largest absolute Gasteiger partial charge is 0.381 e. The molecule has 1 aliphatic carbocycles. The number of carbonyl (C=O) groups excluding carboxylic acids is 1. The van der Waals surface area contributed by atoms with Gasteiger partial charge in [0, 0.05) is 68.7 Å². The predicted molar refractivity (Wildman–Crippen MR) is 162 cm³/mol. The molecule has 0 bridgehead atoms. The highest BCUT2D eigenvalue weighted by Gasteiger charge is 2.48. The number of alkyl halides is 2. The van der Waals surface area contributed by atoms with Gasteiger partial charge < -0.3 is 21.1 Å². The van der Waals surface area contributed by atoms with Crippen LogP contribution in [0.15, 0.2) is 59.5 Å². The van der Waals surface area contributed by atoms with Crippen LogP contribution in [0.5, 0.6) is 0 Å². The molecular formula is C31H41ClF2N4O4S. The van der Waals surface area contributed by atoms with E-state index >= 15 is 0 Å². The van der Waals surface area contributed by atoms with E-state index in [9.17, 15) is 22.0 Å². The molecule has 2 aromatic rings. The Morgan fingerprint density at radius 2 is 1.79 bits per heavy atom. The van der Waals surface area contributed by atoms with E-state index in [2.05, 4.69) is 10.6 Å². The van der Waals surface area contributed by atoms with Crippen molar-refractivity contribution in [1.29, 1.82) is 0 Å². The number of carbonyl (C=O) groups is 1. The zero-order valence-electron chi connectivity index (χ0n) is 24.1. The molecule has 0 radical (unpaired) electrons. The molecule has 2 heterocycles. The number of benzene rings is 2. The number of rotatable bonds is 10. The highest BCUT2D eigenvalue weighted by atomic mass is 35.5. The minimum Gasteiger partial charge on any atom is -0.381 e. The Labute approximate surface area is 257 Å². The van der Waals surface area contributed by atoms with Crippen LogP contribution >= 0.6 is 11.6 Å². The molecule has 2 aliphatic heterocycles. The minimum atomic E-state index is -3.73. The van der Waals surface area contributed by atoms with Gasteiger partial charge in [-0.15, -0.1) is 0 Å². The molecule has 5 atom stereocenters. The summed E-state index contributed by atoms with van der Waals surface area (Å²) in [6.45, 7) is 2.41. The van der Waals surface area contributed by atoms with Crippen molar-refractivity contribution in [3.63, 3.8) is 0 Å². The summed E-state index contributed by atoms with van der Waals surface area (Å²) in [7, 11) is -3.73. The molecule has 4 unspecified atom stereocenters. The van der Waals surface area contributed by atoms with Crippen LogP contribution in [0.4, 0.5) is 8.78 Å². The van der Waals surface area contributed by atoms with Crippen molar-refractivity contribution >= 4 is 27.5 Å². The summed E-state index contributed by atoms with van der Waals surface area (Å²) in [6, 6.07) is 13.5. The molecule has 2 saturated heterocycles. The molecule has 3 fully saturated rings. The Morgan fingerprint density at radius 3 is 2.49 bits per heavy atom. The maximum absolute atomic E-state index is 14.8. The lowest BCUT2D eigenvalue weighted by Gasteiger charge is -2.36. The summed E-state index contributed by atoms with van der Waals surface area (Å²) in [5.41, 5.74) is 7.50. The number of hydrogen-bond acceptors (Lipinski definition) is 6. The summed E-state index contributed by atoms with van der Waals surface area (Å²) in [5.74, 6) is -4.10. The third-order valence-electron chi connectivity index (χ3n) is 9.21. The number of sulfonamides is 1. The van der Waals surface area contributed by atoms with E-state index in [0.717, 1.165) is 18.4 Å². The summed E-state index contributed by atoms with van der Waals surface area (Å²) < 4.78 is 63.4. The van der Waals surface area contributed by atoms with Crippen LogP contribution in [0.3, 0.4) is 0 Å². The van der Waals surface area contributed by atoms with E-state index in [-0.39, 0.29) is 29.2 Å². The number of piperazine rings is 1. The quantitative estimate of drug-likeness (QED) is 0.360. The second kappa shape index (κ2) is 13.9. The van der Waals surface area contributed by atoms with Crippen molar-refractivity contribution in [2.24, 2.45) is 17.6 Å². The highest BCUT2D eigenvalue weighted by molar-refractivity contribution is 7.89. The van der Waals surface area contributed by atoms with Crippen molar-refractivity contribution in [2.75, 3.05) is 32.8 Å². The number of hydrogen-bond donors (Lipinski definition) is 3. The van der Waals surface area contributed by atoms with Crippen LogP contribution in [-0.4, -0.2) is 75.5 Å². The van der Waals surface area contributed by atoms with Gasteiger partial charge >= 0.3 is 0 Å². The summed E-state index contributed by atoms with van der Waals surface area (Å²) in [6.07, 6.45) is 1.41. The second-order valence-corrected chi connectivity index (χ2v) is 14.4. The standard InChI is InChI=1S/C31H41ClF2N4O4S/c32-24-9-6-21(7-10-24)28(22-12-16-42-17-13-22)29(35)30(39)37-27-19-31(33,34)18-23(27)8-11-25-20-36-14-15-38(25)43(40,41)26-4-2-1-3-5-26/h1-7,9-10,22-23,25,27-29,36H,8,11-20,35H2,(H,37,39)/t23?,25-,27?,28?,29?/m0/s1. The number of amides is 1. The lowest BCUT2D eigenvalue weighted by Crippen LogP contribution is -2.54. The zero-order valence-corrected chi connectivity index (χ0v) is 25.7. The Hall–Kier alpha value is -2.15. The summed E-state index contributed by atoms with van der Waals surface area (Å²) in [4.78, 5) is 13.8. The Morgan fingerprint density at radius 1 is 1.09 bits per heavy atom. The lowest BCUT2D eigenvalue weighted by atomic mass is 9.76. The van der Waals surface area contributed by atoms with Gasteiger partial charge in [-0.3, -0.25) is 4.79 Å². The molecule has 43 heavy (non-hydrogen) atoms. The van der Waals surface area contributed by atoms with Crippen molar-refractivity contribution < 1.29 is 26.7 Å². The van der Waals surface area contributed by atoms with Crippen molar-refractivity contribution in [1.82, 2.24) is 14.9 Å². The molecule has 5 rings (SSSR count). The fourth-order valence-electron chi connectivity index (χ4n) is 6.98. The molecule has 3 aliphatic rings. The van der Waals surface area contributed by atoms with E-state index in [4.69, 9.17) is 22.1 Å². The normalized spacial score (nSPS) is 26.6. The highest BCUT2D eigenvalue weighted by Crippen LogP contribution is 2.42. The van der Waals surface area contributed by atoms with Gasteiger partial charge in [-0.25, -0.2) is 17.2 Å². The maximum atomic E-state index is 14.8. The minimum absolute atomic E-state index is 0.104. The van der Waals surface area contributed by atoms with E-state index in [1.807, 2.05) is 12.1 Å². The van der Waals surface area contributed by atoms with Crippen LogP contribution in [-0.2, 0) is 19.6 Å². The topological polar surface area (TPSA) is 114 Å². The first-order valence-electron chi connectivity index (χ1n) is 15.1. The second-order valence-electron chi connectivity index (χ2n) is 12.1. The van der Waals surface area contributed by atoms with E-state index in [1.54, 1.807) is 42.5 Å². The summed E-state index contributed by atoms with van der Waals surface area (Å²) >= 11 is 6.11. The fourth-order valence-corrected chi connectivity index (χ4v) is 8.79. The van der Waals surface area contributed by atoms with E-state index in [0.29, 0.717) is 50.7 Å². The van der Waals surface area contributed by atoms with Gasteiger partial charge in [-0.05, 0) is 67.3 Å². The third kappa shape index (κ3) is 7.75. The van der Waals surface area contributed by atoms with Crippen LogP contribution in [0.25, 0.3) is 0 Å². The smallest absolute Gasteiger partial charge is 0.250 e. The monoisotopic (exact) mass is 638 g/mol. The van der Waals surface area contributed by atoms with Crippen LogP contribution in [0.1, 0.15) is 50.0 Å². The number of nitrogens with zero attached hydrogens (tertiary/aromatic N) is 1. The molecule has 0 aromatic heterocycles. The predicted octanol–water partition coefficient (Wildman–Crippen LogP) is 4.15. The fraction of sp³-hybridized carbons (Fsp3) is 0.581. The molecule has 0 spiro atoms. The van der Waals surface area contributed by atoms with Gasteiger partial charge in [0.25, 0.3) is 5.92 Å². The number of nitrogens with two attached hydrogens (primary N) is 1. The van der Waals surface area contributed by atoms with Gasteiger partial charge in [0.15, 0.2) is 0 Å². The van der Waals surface area contributed by atoms with Gasteiger partial charge in [0.05, 0.1) is 10.9 Å². The average molecular weight is 639 g/mol. The Kier molecular flexibility index (Phi) is 10.4. The number of ether oxygens (including phenoxy) is 1. The third-order valence-corrected chi connectivity index (χ3v) is 11.4. The molecule has 4 N–H and O–H groups in total. The maximum Gasteiger partial charge on any atom is 0.250 e. The van der Waals surface area contributed by atoms with Crippen molar-refractivity contribution in [2.45, 2.75) is 73.4 Å². The molecule has 2 aromatic carbocycles.